The zero-order valence-corrected chi connectivity index (χ0v) is 6.46. The molecule has 26 valence electrons. The van der Waals surface area contributed by atoms with Gasteiger partial charge >= 0.3 is 0 Å². The molecule has 0 rings (SSSR count). The number of hydrogen-bond donors (Lipinski definition) is 0. The van der Waals surface area contributed by atoms with Gasteiger partial charge in [-0.3, -0.25) is 0 Å². The lowest BCUT2D eigenvalue weighted by molar-refractivity contribution is 1.31. The lowest BCUT2D eigenvalue weighted by Gasteiger charge is -2.01. The molecule has 0 bridgehead atoms. The van der Waals surface area contributed by atoms with Crippen LogP contribution in [0.5, 0.6) is 0 Å². The minimum absolute atomic E-state index is 0.0764. The molecule has 0 N–H and O–H groups in total. The van der Waals surface area contributed by atoms with Gasteiger partial charge in [-0.1, -0.05) is 22.9 Å². The normalized spacial score (nSPS) is 12.0. The lowest BCUT2D eigenvalue weighted by Crippen LogP contribution is -2.13. The molecule has 3 heteroatoms. The number of alkyl halides is 1. The maximum atomic E-state index is 3.25. The average Bonchev–Trinajstić information content (AvgIpc) is 0.722. The van der Waals surface area contributed by atoms with Crippen molar-refractivity contribution < 1.29 is 0 Å². The fourth-order valence-corrected chi connectivity index (χ4v) is 0. The topological polar surface area (TPSA) is 0 Å². The number of halogens is 1. The predicted octanol–water partition coefficient (Wildman–Crippen LogP) is 0.392. The number of rotatable bonds is 0. The summed E-state index contributed by atoms with van der Waals surface area (Å²) < 4.78 is -0.0764. The minimum atomic E-state index is -0.0764. The Labute approximate surface area is 47.3 Å². The molecule has 0 atom stereocenters. The third kappa shape index (κ3) is 50.0. The van der Waals surface area contributed by atoms with Gasteiger partial charge in [0.25, 0.3) is 0 Å². The Morgan fingerprint density at radius 3 is 1.60 bits per heavy atom. The second-order valence-corrected chi connectivity index (χ2v) is 6.55. The van der Waals surface area contributed by atoms with Crippen molar-refractivity contribution in [2.45, 2.75) is 10.5 Å². The summed E-state index contributed by atoms with van der Waals surface area (Å²) in [5, 5.41) is 0. The van der Waals surface area contributed by atoms with Crippen LogP contribution in [0.2, 0.25) is 0 Å². The highest BCUT2D eigenvalue weighted by molar-refractivity contribution is 9.11. The van der Waals surface area contributed by atoms with Gasteiger partial charge in [0, 0.05) is 20.5 Å². The van der Waals surface area contributed by atoms with Gasteiger partial charge in [0.2, 0.25) is 0 Å². The molecular formula is C2H3BrSi2. The maximum Gasteiger partial charge on any atom is 0.0412 e. The predicted molar refractivity (Wildman–Crippen MR) is 28.8 cm³/mol. The molecule has 0 aliphatic rings. The van der Waals surface area contributed by atoms with Crippen LogP contribution in [0.25, 0.3) is 0 Å². The molecule has 0 nitrogen and oxygen atoms in total. The van der Waals surface area contributed by atoms with Crippen LogP contribution in [0.3, 0.4) is 0 Å². The quantitative estimate of drug-likeness (QED) is 0.358. The Bertz CT molecular complexity index is 23.1. The first-order valence-electron chi connectivity index (χ1n) is 1.19. The van der Waals surface area contributed by atoms with E-state index in [0.717, 1.165) is 0 Å². The Hall–Kier alpha value is 0.914. The van der Waals surface area contributed by atoms with E-state index in [0.29, 0.717) is 0 Å². The molecule has 0 fully saturated rings. The molecule has 5 heavy (non-hydrogen) atoms. The summed E-state index contributed by atoms with van der Waals surface area (Å²) in [6.07, 6.45) is 0. The zero-order chi connectivity index (χ0) is 4.50. The molecule has 6 radical (unpaired) electrons. The fraction of sp³-hybridized carbons (Fsp3) is 1.00. The summed E-state index contributed by atoms with van der Waals surface area (Å²) in [5.41, 5.74) is 0. The van der Waals surface area contributed by atoms with E-state index >= 15 is 0 Å². The molecule has 0 saturated carbocycles. The van der Waals surface area contributed by atoms with Gasteiger partial charge in [0.1, 0.15) is 0 Å². The van der Waals surface area contributed by atoms with Gasteiger partial charge in [-0.05, 0) is 3.57 Å². The summed E-state index contributed by atoms with van der Waals surface area (Å²) in [6.45, 7) is 1.93. The van der Waals surface area contributed by atoms with Crippen molar-refractivity contribution in [1.29, 1.82) is 0 Å². The van der Waals surface area contributed by atoms with E-state index in [1.165, 1.54) is 0 Å². The van der Waals surface area contributed by atoms with Gasteiger partial charge in [-0.2, -0.15) is 0 Å². The Kier molecular flexibility index (Phi) is 1.86. The highest BCUT2D eigenvalue weighted by Gasteiger charge is 1.99. The lowest BCUT2D eigenvalue weighted by atomic mass is 10.9. The third-order valence-corrected chi connectivity index (χ3v) is 0. The van der Waals surface area contributed by atoms with Crippen LogP contribution in [0.1, 0.15) is 6.92 Å². The Balaban J connectivity index is 3.02. The first-order chi connectivity index (χ1) is 2.00. The Morgan fingerprint density at radius 2 is 1.60 bits per heavy atom. The van der Waals surface area contributed by atoms with Crippen molar-refractivity contribution in [3.8, 4) is 0 Å². The summed E-state index contributed by atoms with van der Waals surface area (Å²) in [4.78, 5) is 0. The van der Waals surface area contributed by atoms with Crippen LogP contribution >= 0.6 is 15.9 Å². The van der Waals surface area contributed by atoms with Crippen molar-refractivity contribution in [3.05, 3.63) is 0 Å². The maximum absolute atomic E-state index is 3.25. The standard InChI is InChI=1S/C2H3BrSi2/c1-2(3,4)5/h1H3. The smallest absolute Gasteiger partial charge is 0.0412 e. The fourth-order valence-electron chi connectivity index (χ4n) is 0. The minimum Gasteiger partial charge on any atom is -0.0943 e. The highest BCUT2D eigenvalue weighted by atomic mass is 79.9. The molecule has 0 spiro atoms. The summed E-state index contributed by atoms with van der Waals surface area (Å²) in [5.74, 6) is 0. The SMILES string of the molecule is CC([Si])([Si])Br. The van der Waals surface area contributed by atoms with E-state index in [1.807, 2.05) is 6.92 Å². The summed E-state index contributed by atoms with van der Waals surface area (Å²) in [6, 6.07) is 0. The monoisotopic (exact) mass is 162 g/mol. The van der Waals surface area contributed by atoms with Crippen LogP contribution in [0, 0.1) is 0 Å². The largest absolute Gasteiger partial charge is 0.0943 e. The molecule has 0 aliphatic heterocycles. The van der Waals surface area contributed by atoms with Crippen LogP contribution < -0.4 is 0 Å². The summed E-state index contributed by atoms with van der Waals surface area (Å²) >= 11 is 3.20. The molecule has 0 aromatic rings. The molecule has 0 aliphatic carbocycles. The van der Waals surface area contributed by atoms with E-state index in [4.69, 9.17) is 0 Å². The van der Waals surface area contributed by atoms with Crippen LogP contribution in [0.4, 0.5) is 0 Å². The number of hydrogen-bond acceptors (Lipinski definition) is 0. The summed E-state index contributed by atoms with van der Waals surface area (Å²) in [7, 11) is 6.50. The second-order valence-electron chi connectivity index (χ2n) is 1.00. The molecule has 0 saturated heterocycles. The van der Waals surface area contributed by atoms with E-state index in [2.05, 4.69) is 36.4 Å². The van der Waals surface area contributed by atoms with Crippen LogP contribution in [-0.2, 0) is 0 Å². The first kappa shape index (κ1) is 5.91. The third-order valence-electron chi connectivity index (χ3n) is 0. The molecule has 0 unspecified atom stereocenters. The molecule has 0 heterocycles. The van der Waals surface area contributed by atoms with Gasteiger partial charge in [0.15, 0.2) is 0 Å². The molecular weight excluding hydrogens is 160 g/mol. The van der Waals surface area contributed by atoms with E-state index in [1.54, 1.807) is 0 Å². The van der Waals surface area contributed by atoms with E-state index in [-0.39, 0.29) is 3.57 Å². The van der Waals surface area contributed by atoms with Crippen LogP contribution in [0.15, 0.2) is 0 Å². The highest BCUT2D eigenvalue weighted by Crippen LogP contribution is 2.02. The van der Waals surface area contributed by atoms with Crippen molar-refractivity contribution >= 4 is 36.4 Å². The first-order valence-corrected chi connectivity index (χ1v) is 2.98. The van der Waals surface area contributed by atoms with Gasteiger partial charge in [-0.25, -0.2) is 0 Å². The average molecular weight is 163 g/mol. The van der Waals surface area contributed by atoms with Gasteiger partial charge < -0.3 is 0 Å². The molecule has 0 aromatic carbocycles. The molecule has 0 amide bonds. The Morgan fingerprint density at radius 1 is 1.60 bits per heavy atom. The zero-order valence-electron chi connectivity index (χ0n) is 2.88. The van der Waals surface area contributed by atoms with Crippen LogP contribution in [-0.4, -0.2) is 24.1 Å². The van der Waals surface area contributed by atoms with Crippen molar-refractivity contribution in [1.82, 2.24) is 0 Å². The van der Waals surface area contributed by atoms with Gasteiger partial charge in [0.05, 0.1) is 0 Å². The van der Waals surface area contributed by atoms with E-state index < -0.39 is 0 Å². The van der Waals surface area contributed by atoms with Crippen molar-refractivity contribution in [2.24, 2.45) is 0 Å². The molecule has 0 aromatic heterocycles. The van der Waals surface area contributed by atoms with E-state index in [9.17, 15) is 0 Å². The van der Waals surface area contributed by atoms with Crippen molar-refractivity contribution in [3.63, 3.8) is 0 Å². The second kappa shape index (κ2) is 1.57. The van der Waals surface area contributed by atoms with Gasteiger partial charge in [-0.15, -0.1) is 0 Å². The van der Waals surface area contributed by atoms with Crippen molar-refractivity contribution in [2.75, 3.05) is 0 Å².